The molecule has 0 saturated carbocycles. The summed E-state index contributed by atoms with van der Waals surface area (Å²) in [5, 5.41) is 16.5. The predicted molar refractivity (Wildman–Crippen MR) is 86.5 cm³/mol. The summed E-state index contributed by atoms with van der Waals surface area (Å²) in [6.07, 6.45) is -3.23. The van der Waals surface area contributed by atoms with Gasteiger partial charge in [-0.3, -0.25) is 0 Å². The molecule has 0 aliphatic heterocycles. The van der Waals surface area contributed by atoms with Crippen LogP contribution in [0.25, 0.3) is 5.65 Å². The lowest BCUT2D eigenvalue weighted by atomic mass is 10.00. The van der Waals surface area contributed by atoms with Gasteiger partial charge in [-0.1, -0.05) is 25.4 Å². The van der Waals surface area contributed by atoms with Gasteiger partial charge in [0, 0.05) is 11.1 Å². The summed E-state index contributed by atoms with van der Waals surface area (Å²) in [5.74, 6) is 0.0348. The lowest BCUT2D eigenvalue weighted by Crippen LogP contribution is -2.34. The van der Waals surface area contributed by atoms with Crippen LogP contribution in [0.2, 0.25) is 5.15 Å². The molecule has 0 aliphatic rings. The zero-order chi connectivity index (χ0) is 18.2. The van der Waals surface area contributed by atoms with Gasteiger partial charge in [-0.25, -0.2) is 4.98 Å². The molecule has 2 aromatic heterocycles. The third kappa shape index (κ3) is 3.44. The van der Waals surface area contributed by atoms with E-state index in [0.717, 1.165) is 6.92 Å². The third-order valence-electron chi connectivity index (χ3n) is 4.06. The van der Waals surface area contributed by atoms with Gasteiger partial charge in [0.15, 0.2) is 5.65 Å². The van der Waals surface area contributed by atoms with Crippen molar-refractivity contribution in [2.45, 2.75) is 58.4 Å². The number of hydrogen-bond donors (Lipinski definition) is 2. The van der Waals surface area contributed by atoms with Crippen LogP contribution in [0.15, 0.2) is 6.20 Å². The maximum Gasteiger partial charge on any atom is 0.408 e. The van der Waals surface area contributed by atoms with Crippen molar-refractivity contribution in [3.05, 3.63) is 22.5 Å². The standard InChI is InChI=1S/C15H20ClF3N4O/c1-5-7(2)11-12(16)22-13-10(8(3)24)6-20-23(13)14(11)21-9(4)15(17,18)19/h6-9,21,24H,5H2,1-4H3. The molecule has 2 aromatic rings. The molecule has 2 N–H and O–H groups in total. The molecular formula is C15H20ClF3N4O. The fraction of sp³-hybridized carbons (Fsp3) is 0.600. The SMILES string of the molecule is CCC(C)c1c(Cl)nc2c(C(C)O)cnn2c1NC(C)C(F)(F)F. The van der Waals surface area contributed by atoms with E-state index in [1.165, 1.54) is 17.6 Å². The number of fused-ring (bicyclic) bond motifs is 1. The third-order valence-corrected chi connectivity index (χ3v) is 4.35. The Hall–Kier alpha value is -1.54. The van der Waals surface area contributed by atoms with Gasteiger partial charge in [0.25, 0.3) is 0 Å². The molecule has 5 nitrogen and oxygen atoms in total. The first-order valence-corrected chi connectivity index (χ1v) is 8.04. The van der Waals surface area contributed by atoms with E-state index in [0.29, 0.717) is 17.5 Å². The second kappa shape index (κ2) is 6.76. The van der Waals surface area contributed by atoms with Gasteiger partial charge in [-0.2, -0.15) is 22.8 Å². The number of halogens is 4. The summed E-state index contributed by atoms with van der Waals surface area (Å²) in [4.78, 5) is 4.24. The number of rotatable bonds is 5. The zero-order valence-electron chi connectivity index (χ0n) is 13.8. The highest BCUT2D eigenvalue weighted by Crippen LogP contribution is 2.36. The van der Waals surface area contributed by atoms with E-state index < -0.39 is 18.3 Å². The molecule has 0 spiro atoms. The van der Waals surface area contributed by atoms with E-state index in [2.05, 4.69) is 15.4 Å². The Morgan fingerprint density at radius 3 is 2.46 bits per heavy atom. The van der Waals surface area contributed by atoms with E-state index in [1.54, 1.807) is 0 Å². The molecule has 0 saturated heterocycles. The smallest absolute Gasteiger partial charge is 0.389 e. The Kier molecular flexibility index (Phi) is 5.29. The predicted octanol–water partition coefficient (Wildman–Crippen LogP) is 4.31. The number of aliphatic hydroxyl groups is 1. The molecule has 2 heterocycles. The van der Waals surface area contributed by atoms with Gasteiger partial charge in [0.05, 0.1) is 12.3 Å². The van der Waals surface area contributed by atoms with Crippen LogP contribution in [0.5, 0.6) is 0 Å². The molecule has 3 unspecified atom stereocenters. The lowest BCUT2D eigenvalue weighted by molar-refractivity contribution is -0.138. The summed E-state index contributed by atoms with van der Waals surface area (Å²) >= 11 is 6.26. The van der Waals surface area contributed by atoms with Crippen molar-refractivity contribution >= 4 is 23.1 Å². The largest absolute Gasteiger partial charge is 0.408 e. The highest BCUT2D eigenvalue weighted by Gasteiger charge is 2.37. The number of nitrogens with one attached hydrogen (secondary N) is 1. The monoisotopic (exact) mass is 364 g/mol. The number of anilines is 1. The Morgan fingerprint density at radius 1 is 1.33 bits per heavy atom. The summed E-state index contributed by atoms with van der Waals surface area (Å²) in [6, 6.07) is -1.79. The molecule has 24 heavy (non-hydrogen) atoms. The van der Waals surface area contributed by atoms with Crippen molar-refractivity contribution in [3.8, 4) is 0 Å². The first-order valence-electron chi connectivity index (χ1n) is 7.66. The van der Waals surface area contributed by atoms with E-state index in [-0.39, 0.29) is 22.5 Å². The van der Waals surface area contributed by atoms with Crippen molar-refractivity contribution in [2.75, 3.05) is 5.32 Å². The number of alkyl halides is 3. The molecule has 0 amide bonds. The molecule has 0 fully saturated rings. The van der Waals surface area contributed by atoms with Crippen LogP contribution in [0.1, 0.15) is 57.3 Å². The van der Waals surface area contributed by atoms with Crippen LogP contribution in [0.3, 0.4) is 0 Å². The maximum atomic E-state index is 13.0. The molecule has 0 aromatic carbocycles. The van der Waals surface area contributed by atoms with E-state index in [1.807, 2.05) is 13.8 Å². The second-order valence-corrected chi connectivity index (χ2v) is 6.25. The van der Waals surface area contributed by atoms with E-state index >= 15 is 0 Å². The average Bonchev–Trinajstić information content (AvgIpc) is 2.89. The number of aromatic nitrogens is 3. The quantitative estimate of drug-likeness (QED) is 0.776. The van der Waals surface area contributed by atoms with Gasteiger partial charge in [-0.15, -0.1) is 0 Å². The van der Waals surface area contributed by atoms with Crippen LogP contribution in [0.4, 0.5) is 19.0 Å². The van der Waals surface area contributed by atoms with Gasteiger partial charge in [-0.05, 0) is 26.2 Å². The number of nitrogens with zero attached hydrogens (tertiary/aromatic N) is 3. The van der Waals surface area contributed by atoms with Crippen molar-refractivity contribution < 1.29 is 18.3 Å². The fourth-order valence-corrected chi connectivity index (χ4v) is 2.71. The summed E-state index contributed by atoms with van der Waals surface area (Å²) in [5.41, 5.74) is 1.11. The molecule has 0 radical (unpaired) electrons. The van der Waals surface area contributed by atoms with Crippen molar-refractivity contribution in [2.24, 2.45) is 0 Å². The average molecular weight is 365 g/mol. The molecule has 0 bridgehead atoms. The highest BCUT2D eigenvalue weighted by molar-refractivity contribution is 6.30. The zero-order valence-corrected chi connectivity index (χ0v) is 14.6. The minimum atomic E-state index is -4.42. The van der Waals surface area contributed by atoms with E-state index in [4.69, 9.17) is 11.6 Å². The van der Waals surface area contributed by atoms with Crippen LogP contribution in [-0.4, -0.2) is 31.9 Å². The van der Waals surface area contributed by atoms with Crippen molar-refractivity contribution in [3.63, 3.8) is 0 Å². The summed E-state index contributed by atoms with van der Waals surface area (Å²) in [7, 11) is 0. The van der Waals surface area contributed by atoms with Crippen LogP contribution < -0.4 is 5.32 Å². The second-order valence-electron chi connectivity index (χ2n) is 5.89. The minimum absolute atomic E-state index is 0.108. The van der Waals surface area contributed by atoms with Crippen LogP contribution in [-0.2, 0) is 0 Å². The summed E-state index contributed by atoms with van der Waals surface area (Å²) in [6.45, 7) is 6.32. The van der Waals surface area contributed by atoms with E-state index in [9.17, 15) is 18.3 Å². The van der Waals surface area contributed by atoms with Crippen molar-refractivity contribution in [1.29, 1.82) is 0 Å². The van der Waals surface area contributed by atoms with Gasteiger partial charge < -0.3 is 10.4 Å². The van der Waals surface area contributed by atoms with Crippen molar-refractivity contribution in [1.82, 2.24) is 14.6 Å². The van der Waals surface area contributed by atoms with Crippen LogP contribution >= 0.6 is 11.6 Å². The van der Waals surface area contributed by atoms with Gasteiger partial charge in [0.2, 0.25) is 0 Å². The lowest BCUT2D eigenvalue weighted by Gasteiger charge is -2.23. The Labute approximate surface area is 142 Å². The molecule has 0 aliphatic carbocycles. The first-order chi connectivity index (χ1) is 11.1. The topological polar surface area (TPSA) is 62.5 Å². The van der Waals surface area contributed by atoms with Crippen LogP contribution in [0, 0.1) is 0 Å². The molecule has 9 heteroatoms. The first kappa shape index (κ1) is 18.8. The summed E-state index contributed by atoms with van der Waals surface area (Å²) < 4.78 is 40.3. The Bertz CT molecular complexity index is 730. The molecule has 2 rings (SSSR count). The highest BCUT2D eigenvalue weighted by atomic mass is 35.5. The molecule has 3 atom stereocenters. The Morgan fingerprint density at radius 2 is 1.96 bits per heavy atom. The molecule has 134 valence electrons. The fourth-order valence-electron chi connectivity index (χ4n) is 2.36. The van der Waals surface area contributed by atoms with Gasteiger partial charge >= 0.3 is 6.18 Å². The number of aliphatic hydroxyl groups excluding tert-OH is 1. The Balaban J connectivity index is 2.71. The number of hydrogen-bond acceptors (Lipinski definition) is 4. The normalized spacial score (nSPS) is 16.2. The maximum absolute atomic E-state index is 13.0. The van der Waals surface area contributed by atoms with Gasteiger partial charge in [0.1, 0.15) is 17.0 Å². The molecular weight excluding hydrogens is 345 g/mol. The minimum Gasteiger partial charge on any atom is -0.389 e.